The van der Waals surface area contributed by atoms with Crippen LogP contribution >= 0.6 is 0 Å². The molecule has 0 aromatic rings. The highest BCUT2D eigenvalue weighted by Gasteiger charge is 2.64. The normalized spacial score (nSPS) is 34.8. The van der Waals surface area contributed by atoms with Gasteiger partial charge in [-0.3, -0.25) is 0 Å². The summed E-state index contributed by atoms with van der Waals surface area (Å²) in [7, 11) is 0. The van der Waals surface area contributed by atoms with Gasteiger partial charge >= 0.3 is 0 Å². The van der Waals surface area contributed by atoms with Gasteiger partial charge in [0.25, 0.3) is 0 Å². The topological polar surface area (TPSA) is 12.0 Å². The molecule has 18 heavy (non-hydrogen) atoms. The van der Waals surface area contributed by atoms with Crippen molar-refractivity contribution in [1.82, 2.24) is 5.32 Å². The predicted octanol–water partition coefficient (Wildman–Crippen LogP) is 4.47. The van der Waals surface area contributed by atoms with Crippen molar-refractivity contribution in [2.24, 2.45) is 28.6 Å². The molecule has 2 atom stereocenters. The van der Waals surface area contributed by atoms with Crippen molar-refractivity contribution in [2.75, 3.05) is 6.54 Å². The molecule has 0 radical (unpaired) electrons. The summed E-state index contributed by atoms with van der Waals surface area (Å²) in [5.74, 6) is 2.60. The average molecular weight is 251 g/mol. The van der Waals surface area contributed by atoms with Crippen LogP contribution in [0, 0.1) is 28.6 Å². The lowest BCUT2D eigenvalue weighted by molar-refractivity contribution is 0.202. The Balaban J connectivity index is 1.86. The maximum absolute atomic E-state index is 3.93. The molecule has 0 saturated heterocycles. The second-order valence-corrected chi connectivity index (χ2v) is 8.20. The maximum Gasteiger partial charge on any atom is 0.00978 e. The first-order valence-electron chi connectivity index (χ1n) is 8.02. The van der Waals surface area contributed by atoms with Crippen LogP contribution in [0.3, 0.4) is 0 Å². The summed E-state index contributed by atoms with van der Waals surface area (Å²) in [5, 5.41) is 3.93. The van der Waals surface area contributed by atoms with Gasteiger partial charge in [-0.05, 0) is 48.0 Å². The van der Waals surface area contributed by atoms with E-state index in [1.807, 2.05) is 0 Å². The summed E-state index contributed by atoms with van der Waals surface area (Å²) >= 11 is 0. The predicted molar refractivity (Wildman–Crippen MR) is 79.6 cm³/mol. The number of rotatable bonds is 4. The van der Waals surface area contributed by atoms with Crippen molar-refractivity contribution in [3.63, 3.8) is 0 Å². The minimum Gasteiger partial charge on any atom is -0.313 e. The lowest BCUT2D eigenvalue weighted by Gasteiger charge is -2.35. The fourth-order valence-electron chi connectivity index (χ4n) is 4.32. The van der Waals surface area contributed by atoms with E-state index in [-0.39, 0.29) is 0 Å². The summed E-state index contributed by atoms with van der Waals surface area (Å²) in [4.78, 5) is 0. The lowest BCUT2D eigenvalue weighted by Crippen LogP contribution is -2.42. The van der Waals surface area contributed by atoms with Crippen LogP contribution in [0.15, 0.2) is 0 Å². The number of hydrogen-bond donors (Lipinski definition) is 1. The molecule has 2 aliphatic carbocycles. The molecule has 0 aliphatic heterocycles. The van der Waals surface area contributed by atoms with E-state index in [2.05, 4.69) is 46.9 Å². The molecule has 2 fully saturated rings. The fraction of sp³-hybridized carbons (Fsp3) is 1.00. The summed E-state index contributed by atoms with van der Waals surface area (Å²) in [6.07, 6.45) is 5.71. The van der Waals surface area contributed by atoms with Crippen molar-refractivity contribution in [3.05, 3.63) is 0 Å². The molecule has 2 aliphatic rings. The molecular formula is C17H33N. The Hall–Kier alpha value is -0.0400. The largest absolute Gasteiger partial charge is 0.313 e. The zero-order valence-electron chi connectivity index (χ0n) is 13.3. The number of nitrogens with one attached hydrogen (secondary N) is 1. The van der Waals surface area contributed by atoms with Crippen molar-refractivity contribution < 1.29 is 0 Å². The minimum absolute atomic E-state index is 0.530. The van der Waals surface area contributed by atoms with Gasteiger partial charge in [0.1, 0.15) is 0 Å². The molecule has 2 rings (SSSR count). The van der Waals surface area contributed by atoms with Crippen molar-refractivity contribution in [2.45, 2.75) is 73.3 Å². The maximum atomic E-state index is 3.93. The van der Waals surface area contributed by atoms with Gasteiger partial charge in [0.05, 0.1) is 0 Å². The van der Waals surface area contributed by atoms with Crippen LogP contribution in [-0.2, 0) is 0 Å². The van der Waals surface area contributed by atoms with Gasteiger partial charge in [-0.15, -0.1) is 0 Å². The third-order valence-corrected chi connectivity index (χ3v) is 6.58. The Kier molecular flexibility index (Phi) is 3.84. The molecule has 1 heteroatoms. The third kappa shape index (κ3) is 2.35. The highest BCUT2D eigenvalue weighted by molar-refractivity contribution is 5.13. The Morgan fingerprint density at radius 3 is 2.06 bits per heavy atom. The van der Waals surface area contributed by atoms with Crippen LogP contribution in [0.4, 0.5) is 0 Å². The molecular weight excluding hydrogens is 218 g/mol. The van der Waals surface area contributed by atoms with Crippen LogP contribution in [-0.4, -0.2) is 12.6 Å². The smallest absolute Gasteiger partial charge is 0.00978 e. The van der Waals surface area contributed by atoms with Gasteiger partial charge < -0.3 is 5.32 Å². The second-order valence-electron chi connectivity index (χ2n) is 8.20. The van der Waals surface area contributed by atoms with E-state index in [0.717, 1.165) is 23.8 Å². The average Bonchev–Trinajstić information content (AvgIpc) is 2.67. The number of hydrogen-bond acceptors (Lipinski definition) is 1. The third-order valence-electron chi connectivity index (χ3n) is 6.58. The fourth-order valence-corrected chi connectivity index (χ4v) is 4.32. The molecule has 0 aromatic heterocycles. The molecule has 0 amide bonds. The first-order valence-corrected chi connectivity index (χ1v) is 8.02. The minimum atomic E-state index is 0.530. The van der Waals surface area contributed by atoms with Gasteiger partial charge in [-0.2, -0.15) is 0 Å². The van der Waals surface area contributed by atoms with Crippen molar-refractivity contribution >= 4 is 0 Å². The van der Waals surface area contributed by atoms with E-state index in [9.17, 15) is 0 Å². The standard InChI is InChI=1S/C17H33N/c1-12(2)13-9-7-8-10-14(13)18-11-15-16(3,4)17(15,5)6/h12-15,18H,7-11H2,1-6H3. The quantitative estimate of drug-likeness (QED) is 0.777. The summed E-state index contributed by atoms with van der Waals surface area (Å²) in [5.41, 5.74) is 1.06. The van der Waals surface area contributed by atoms with E-state index in [1.165, 1.54) is 32.2 Å². The van der Waals surface area contributed by atoms with E-state index in [4.69, 9.17) is 0 Å². The van der Waals surface area contributed by atoms with Crippen molar-refractivity contribution in [3.8, 4) is 0 Å². The summed E-state index contributed by atoms with van der Waals surface area (Å²) in [6, 6.07) is 0.783. The van der Waals surface area contributed by atoms with Crippen LogP contribution < -0.4 is 5.32 Å². The summed E-state index contributed by atoms with van der Waals surface area (Å²) < 4.78 is 0. The van der Waals surface area contributed by atoms with Gasteiger partial charge in [-0.25, -0.2) is 0 Å². The first kappa shape index (κ1) is 14.4. The Morgan fingerprint density at radius 1 is 1.00 bits per heavy atom. The Bertz CT molecular complexity index is 276. The lowest BCUT2D eigenvalue weighted by atomic mass is 9.78. The highest BCUT2D eigenvalue weighted by atomic mass is 15.0. The first-order chi connectivity index (χ1) is 8.28. The molecule has 1 N–H and O–H groups in total. The van der Waals surface area contributed by atoms with Crippen LogP contribution in [0.2, 0.25) is 0 Å². The molecule has 2 saturated carbocycles. The molecule has 0 aromatic carbocycles. The molecule has 0 spiro atoms. The van der Waals surface area contributed by atoms with Gasteiger partial charge in [0.15, 0.2) is 0 Å². The van der Waals surface area contributed by atoms with Crippen LogP contribution in [0.25, 0.3) is 0 Å². The van der Waals surface area contributed by atoms with E-state index < -0.39 is 0 Å². The van der Waals surface area contributed by atoms with Crippen LogP contribution in [0.5, 0.6) is 0 Å². The summed E-state index contributed by atoms with van der Waals surface area (Å²) in [6.45, 7) is 15.7. The monoisotopic (exact) mass is 251 g/mol. The van der Waals surface area contributed by atoms with Gasteiger partial charge in [-0.1, -0.05) is 54.4 Å². The highest BCUT2D eigenvalue weighted by Crippen LogP contribution is 2.68. The van der Waals surface area contributed by atoms with Gasteiger partial charge in [0.2, 0.25) is 0 Å². The Morgan fingerprint density at radius 2 is 1.56 bits per heavy atom. The van der Waals surface area contributed by atoms with Crippen LogP contribution in [0.1, 0.15) is 67.2 Å². The zero-order chi connectivity index (χ0) is 13.6. The van der Waals surface area contributed by atoms with Gasteiger partial charge in [0, 0.05) is 6.04 Å². The molecule has 106 valence electrons. The SMILES string of the molecule is CC(C)C1CCCCC1NCC1C(C)(C)C1(C)C. The van der Waals surface area contributed by atoms with E-state index in [1.54, 1.807) is 0 Å². The zero-order valence-corrected chi connectivity index (χ0v) is 13.3. The van der Waals surface area contributed by atoms with E-state index >= 15 is 0 Å². The molecule has 2 unspecified atom stereocenters. The Labute approximate surface area is 114 Å². The second kappa shape index (κ2) is 4.81. The van der Waals surface area contributed by atoms with Crippen molar-refractivity contribution in [1.29, 1.82) is 0 Å². The molecule has 1 nitrogen and oxygen atoms in total. The van der Waals surface area contributed by atoms with E-state index in [0.29, 0.717) is 10.8 Å². The molecule has 0 bridgehead atoms. The molecule has 0 heterocycles.